The minimum Gasteiger partial charge on any atom is -0.494 e. The molecular formula is C27H29BrN2O4. The van der Waals surface area contributed by atoms with Crippen molar-refractivity contribution in [1.82, 2.24) is 0 Å². The van der Waals surface area contributed by atoms with E-state index < -0.39 is 0 Å². The van der Waals surface area contributed by atoms with Crippen molar-refractivity contribution in [3.8, 4) is 11.5 Å². The number of anilines is 2. The predicted molar refractivity (Wildman–Crippen MR) is 139 cm³/mol. The number of amides is 2. The summed E-state index contributed by atoms with van der Waals surface area (Å²) in [6, 6.07) is 19.8. The van der Waals surface area contributed by atoms with Crippen LogP contribution in [-0.4, -0.2) is 25.0 Å². The number of hydrogen-bond donors (Lipinski definition) is 2. The third-order valence-electron chi connectivity index (χ3n) is 5.37. The first-order valence-electron chi connectivity index (χ1n) is 11.3. The van der Waals surface area contributed by atoms with Gasteiger partial charge in [0.25, 0.3) is 11.8 Å². The van der Waals surface area contributed by atoms with E-state index in [-0.39, 0.29) is 18.4 Å². The number of benzene rings is 3. The third kappa shape index (κ3) is 6.84. The number of hydrogen-bond acceptors (Lipinski definition) is 4. The SMILES string of the molecule is CCOc1ccc(NC(=O)c2ccccc2NC(=O)COc2ccc(C(C)CC)cc2Br)cc1. The van der Waals surface area contributed by atoms with Crippen molar-refractivity contribution < 1.29 is 19.1 Å². The highest BCUT2D eigenvalue weighted by Gasteiger charge is 2.15. The Morgan fingerprint density at radius 2 is 1.68 bits per heavy atom. The van der Waals surface area contributed by atoms with Crippen molar-refractivity contribution >= 4 is 39.1 Å². The molecule has 7 heteroatoms. The molecular weight excluding hydrogens is 496 g/mol. The lowest BCUT2D eigenvalue weighted by atomic mass is 9.99. The summed E-state index contributed by atoms with van der Waals surface area (Å²) in [6.07, 6.45) is 1.04. The van der Waals surface area contributed by atoms with Gasteiger partial charge in [-0.05, 0) is 89.3 Å². The number of halogens is 1. The Morgan fingerprint density at radius 3 is 2.35 bits per heavy atom. The van der Waals surface area contributed by atoms with E-state index in [1.54, 1.807) is 48.5 Å². The van der Waals surface area contributed by atoms with Crippen molar-refractivity contribution in [2.75, 3.05) is 23.8 Å². The molecule has 0 radical (unpaired) electrons. The first-order valence-corrected chi connectivity index (χ1v) is 12.1. The van der Waals surface area contributed by atoms with Crippen LogP contribution >= 0.6 is 15.9 Å². The Balaban J connectivity index is 1.62. The van der Waals surface area contributed by atoms with Crippen molar-refractivity contribution in [1.29, 1.82) is 0 Å². The average Bonchev–Trinajstić information content (AvgIpc) is 2.84. The van der Waals surface area contributed by atoms with Crippen molar-refractivity contribution in [3.63, 3.8) is 0 Å². The molecule has 2 N–H and O–H groups in total. The maximum Gasteiger partial charge on any atom is 0.262 e. The summed E-state index contributed by atoms with van der Waals surface area (Å²) in [5.41, 5.74) is 2.59. The van der Waals surface area contributed by atoms with Crippen LogP contribution in [0.5, 0.6) is 11.5 Å². The molecule has 0 aliphatic heterocycles. The molecule has 0 aromatic heterocycles. The molecule has 2 amide bonds. The van der Waals surface area contributed by atoms with Crippen LogP contribution in [0.4, 0.5) is 11.4 Å². The molecule has 0 saturated heterocycles. The fourth-order valence-corrected chi connectivity index (χ4v) is 3.81. The largest absolute Gasteiger partial charge is 0.494 e. The van der Waals surface area contributed by atoms with E-state index in [4.69, 9.17) is 9.47 Å². The minimum atomic E-state index is -0.362. The minimum absolute atomic E-state index is 0.184. The van der Waals surface area contributed by atoms with Gasteiger partial charge in [-0.1, -0.05) is 32.0 Å². The van der Waals surface area contributed by atoms with Gasteiger partial charge in [-0.25, -0.2) is 0 Å². The molecule has 0 heterocycles. The second-order valence-electron chi connectivity index (χ2n) is 7.79. The lowest BCUT2D eigenvalue weighted by molar-refractivity contribution is -0.118. The monoisotopic (exact) mass is 524 g/mol. The molecule has 0 aliphatic rings. The van der Waals surface area contributed by atoms with Gasteiger partial charge in [-0.2, -0.15) is 0 Å². The number of nitrogens with one attached hydrogen (secondary N) is 2. The molecule has 3 aromatic rings. The average molecular weight is 525 g/mol. The van der Waals surface area contributed by atoms with E-state index in [9.17, 15) is 9.59 Å². The highest BCUT2D eigenvalue weighted by atomic mass is 79.9. The fraction of sp³-hybridized carbons (Fsp3) is 0.259. The van der Waals surface area contributed by atoms with E-state index in [1.807, 2.05) is 25.1 Å². The summed E-state index contributed by atoms with van der Waals surface area (Å²) in [5.74, 6) is 1.07. The van der Waals surface area contributed by atoms with E-state index in [0.29, 0.717) is 35.2 Å². The quantitative estimate of drug-likeness (QED) is 0.312. The van der Waals surface area contributed by atoms with Gasteiger partial charge < -0.3 is 20.1 Å². The van der Waals surface area contributed by atoms with Gasteiger partial charge in [0.1, 0.15) is 11.5 Å². The van der Waals surface area contributed by atoms with E-state index >= 15 is 0 Å². The van der Waals surface area contributed by atoms with Crippen LogP contribution < -0.4 is 20.1 Å². The van der Waals surface area contributed by atoms with E-state index in [0.717, 1.165) is 16.6 Å². The smallest absolute Gasteiger partial charge is 0.262 e. The van der Waals surface area contributed by atoms with Crippen LogP contribution in [-0.2, 0) is 4.79 Å². The van der Waals surface area contributed by atoms with Gasteiger partial charge in [0.15, 0.2) is 6.61 Å². The summed E-state index contributed by atoms with van der Waals surface area (Å²) < 4.78 is 11.9. The molecule has 1 atom stereocenters. The Kier molecular flexibility index (Phi) is 9.10. The highest BCUT2D eigenvalue weighted by molar-refractivity contribution is 9.10. The number of ether oxygens (including phenoxy) is 2. The predicted octanol–water partition coefficient (Wildman–Crippen LogP) is 6.63. The van der Waals surface area contributed by atoms with Crippen LogP contribution in [0, 0.1) is 0 Å². The van der Waals surface area contributed by atoms with Crippen LogP contribution in [0.2, 0.25) is 0 Å². The Bertz CT molecular complexity index is 1130. The zero-order valence-electron chi connectivity index (χ0n) is 19.6. The summed E-state index contributed by atoms with van der Waals surface area (Å²) in [4.78, 5) is 25.4. The Hall–Kier alpha value is -3.32. The number of para-hydroxylation sites is 1. The second kappa shape index (κ2) is 12.2. The molecule has 34 heavy (non-hydrogen) atoms. The van der Waals surface area contributed by atoms with Crippen molar-refractivity contribution in [2.45, 2.75) is 33.1 Å². The molecule has 0 aliphatic carbocycles. The van der Waals surface area contributed by atoms with Crippen LogP contribution in [0.3, 0.4) is 0 Å². The summed E-state index contributed by atoms with van der Waals surface area (Å²) >= 11 is 3.52. The van der Waals surface area contributed by atoms with Gasteiger partial charge in [-0.3, -0.25) is 9.59 Å². The molecule has 1 unspecified atom stereocenters. The molecule has 0 fully saturated rings. The summed E-state index contributed by atoms with van der Waals surface area (Å²) in [7, 11) is 0. The van der Waals surface area contributed by atoms with Gasteiger partial charge in [0.05, 0.1) is 22.3 Å². The standard InChI is InChI=1S/C27H29BrN2O4/c1-4-18(3)19-10-15-25(23(28)16-19)34-17-26(31)30-24-9-7-6-8-22(24)27(32)29-20-11-13-21(14-12-20)33-5-2/h6-16,18H,4-5,17H2,1-3H3,(H,29,32)(H,30,31). The number of carbonyl (C=O) groups excluding carboxylic acids is 2. The molecule has 178 valence electrons. The molecule has 0 spiro atoms. The van der Waals surface area contributed by atoms with Crippen molar-refractivity contribution in [2.24, 2.45) is 0 Å². The van der Waals surface area contributed by atoms with Gasteiger partial charge in [0.2, 0.25) is 0 Å². The fourth-order valence-electron chi connectivity index (χ4n) is 3.30. The van der Waals surface area contributed by atoms with Crippen LogP contribution in [0.15, 0.2) is 71.2 Å². The second-order valence-corrected chi connectivity index (χ2v) is 8.65. The van der Waals surface area contributed by atoms with E-state index in [1.165, 1.54) is 5.56 Å². The van der Waals surface area contributed by atoms with Gasteiger partial charge in [-0.15, -0.1) is 0 Å². The summed E-state index contributed by atoms with van der Waals surface area (Å²) in [5, 5.41) is 5.61. The maximum atomic E-state index is 12.8. The Morgan fingerprint density at radius 1 is 0.941 bits per heavy atom. The number of carbonyl (C=O) groups is 2. The first-order chi connectivity index (χ1) is 16.4. The van der Waals surface area contributed by atoms with Crippen LogP contribution in [0.1, 0.15) is 49.0 Å². The molecule has 0 saturated carbocycles. The lowest BCUT2D eigenvalue weighted by Crippen LogP contribution is -2.23. The zero-order chi connectivity index (χ0) is 24.5. The van der Waals surface area contributed by atoms with Crippen molar-refractivity contribution in [3.05, 3.63) is 82.3 Å². The van der Waals surface area contributed by atoms with Crippen LogP contribution in [0.25, 0.3) is 0 Å². The Labute approximate surface area is 208 Å². The van der Waals surface area contributed by atoms with Gasteiger partial charge in [0, 0.05) is 5.69 Å². The maximum absolute atomic E-state index is 12.8. The third-order valence-corrected chi connectivity index (χ3v) is 5.98. The van der Waals surface area contributed by atoms with E-state index in [2.05, 4.69) is 40.4 Å². The molecule has 0 bridgehead atoms. The highest BCUT2D eigenvalue weighted by Crippen LogP contribution is 2.30. The lowest BCUT2D eigenvalue weighted by Gasteiger charge is -2.14. The topological polar surface area (TPSA) is 76.7 Å². The molecule has 6 nitrogen and oxygen atoms in total. The normalized spacial score (nSPS) is 11.4. The summed E-state index contributed by atoms with van der Waals surface area (Å²) in [6.45, 7) is 6.61. The van der Waals surface area contributed by atoms with Gasteiger partial charge >= 0.3 is 0 Å². The first kappa shape index (κ1) is 25.3. The zero-order valence-corrected chi connectivity index (χ0v) is 21.1. The molecule has 3 aromatic carbocycles. The molecule has 3 rings (SSSR count). The number of rotatable bonds is 10.